The van der Waals surface area contributed by atoms with Gasteiger partial charge in [-0.1, -0.05) is 0 Å². The standard InChI is InChI=1S/C13H21N7S/c1-5-14-13(15-6-11-17-8-18-20(11)4)16-7-12-19-9(2)10(3)21-12/h8H,5-7H2,1-4H3,(H2,14,15,16). The van der Waals surface area contributed by atoms with E-state index in [1.54, 1.807) is 16.0 Å². The van der Waals surface area contributed by atoms with E-state index in [1.807, 2.05) is 20.9 Å². The summed E-state index contributed by atoms with van der Waals surface area (Å²) in [4.78, 5) is 14.4. The molecule has 0 radical (unpaired) electrons. The van der Waals surface area contributed by atoms with Gasteiger partial charge in [0, 0.05) is 18.5 Å². The summed E-state index contributed by atoms with van der Waals surface area (Å²) in [7, 11) is 1.86. The van der Waals surface area contributed by atoms with Crippen molar-refractivity contribution in [3.8, 4) is 0 Å². The third kappa shape index (κ3) is 4.25. The molecule has 0 bridgehead atoms. The Labute approximate surface area is 128 Å². The van der Waals surface area contributed by atoms with Gasteiger partial charge in [0.1, 0.15) is 23.7 Å². The van der Waals surface area contributed by atoms with Crippen molar-refractivity contribution in [1.29, 1.82) is 0 Å². The lowest BCUT2D eigenvalue weighted by Crippen LogP contribution is -2.36. The average molecular weight is 307 g/mol. The summed E-state index contributed by atoms with van der Waals surface area (Å²) in [5, 5.41) is 11.6. The number of hydrogen-bond acceptors (Lipinski definition) is 5. The molecule has 0 aliphatic carbocycles. The van der Waals surface area contributed by atoms with Crippen LogP contribution < -0.4 is 10.6 Å². The summed E-state index contributed by atoms with van der Waals surface area (Å²) < 4.78 is 1.72. The van der Waals surface area contributed by atoms with Gasteiger partial charge in [-0.25, -0.2) is 15.0 Å². The molecule has 0 unspecified atom stereocenters. The van der Waals surface area contributed by atoms with Crippen molar-refractivity contribution in [2.45, 2.75) is 33.9 Å². The van der Waals surface area contributed by atoms with Gasteiger partial charge in [-0.3, -0.25) is 4.68 Å². The summed E-state index contributed by atoms with van der Waals surface area (Å²) in [5.41, 5.74) is 1.10. The van der Waals surface area contributed by atoms with Crippen LogP contribution in [-0.4, -0.2) is 32.3 Å². The van der Waals surface area contributed by atoms with Gasteiger partial charge in [0.15, 0.2) is 5.96 Å². The Bertz CT molecular complexity index is 594. The van der Waals surface area contributed by atoms with Crippen LogP contribution >= 0.6 is 11.3 Å². The summed E-state index contributed by atoms with van der Waals surface area (Å²) >= 11 is 1.71. The van der Waals surface area contributed by atoms with Crippen LogP contribution in [0.4, 0.5) is 0 Å². The van der Waals surface area contributed by atoms with Crippen LogP contribution in [0.1, 0.15) is 28.3 Å². The zero-order valence-corrected chi connectivity index (χ0v) is 13.7. The molecular weight excluding hydrogens is 286 g/mol. The van der Waals surface area contributed by atoms with E-state index in [-0.39, 0.29) is 0 Å². The summed E-state index contributed by atoms with van der Waals surface area (Å²) in [6.07, 6.45) is 1.53. The highest BCUT2D eigenvalue weighted by atomic mass is 32.1. The molecule has 0 spiro atoms. The first kappa shape index (κ1) is 15.4. The SMILES string of the molecule is CCNC(=NCc1ncnn1C)NCc1nc(C)c(C)s1. The van der Waals surface area contributed by atoms with Gasteiger partial charge < -0.3 is 10.6 Å². The Balaban J connectivity index is 1.96. The number of hydrogen-bond donors (Lipinski definition) is 2. The van der Waals surface area contributed by atoms with Crippen LogP contribution in [-0.2, 0) is 20.1 Å². The number of aryl methyl sites for hydroxylation is 3. The molecule has 2 N–H and O–H groups in total. The molecule has 0 aliphatic rings. The maximum Gasteiger partial charge on any atom is 0.192 e. The second kappa shape index (κ2) is 7.16. The second-order valence-corrected chi connectivity index (χ2v) is 5.89. The molecule has 0 saturated carbocycles. The Morgan fingerprint density at radius 3 is 2.76 bits per heavy atom. The fraction of sp³-hybridized carbons (Fsp3) is 0.538. The monoisotopic (exact) mass is 307 g/mol. The van der Waals surface area contributed by atoms with Crippen molar-refractivity contribution in [1.82, 2.24) is 30.4 Å². The van der Waals surface area contributed by atoms with Crippen LogP contribution in [0.15, 0.2) is 11.3 Å². The zero-order chi connectivity index (χ0) is 15.2. The van der Waals surface area contributed by atoms with Crippen LogP contribution in [0.2, 0.25) is 0 Å². The predicted molar refractivity (Wildman–Crippen MR) is 84.2 cm³/mol. The molecule has 2 aromatic heterocycles. The van der Waals surface area contributed by atoms with Gasteiger partial charge in [-0.2, -0.15) is 5.10 Å². The zero-order valence-electron chi connectivity index (χ0n) is 12.8. The number of nitrogens with one attached hydrogen (secondary N) is 2. The number of guanidine groups is 1. The number of aromatic nitrogens is 4. The van der Waals surface area contributed by atoms with Crippen LogP contribution in [0.3, 0.4) is 0 Å². The summed E-state index contributed by atoms with van der Waals surface area (Å²) in [6, 6.07) is 0. The first-order valence-corrected chi connectivity index (χ1v) is 7.69. The quantitative estimate of drug-likeness (QED) is 0.640. The minimum absolute atomic E-state index is 0.488. The molecule has 0 saturated heterocycles. The maximum atomic E-state index is 4.51. The number of nitrogens with zero attached hydrogens (tertiary/aromatic N) is 5. The van der Waals surface area contributed by atoms with Crippen molar-refractivity contribution in [3.63, 3.8) is 0 Å². The highest BCUT2D eigenvalue weighted by Crippen LogP contribution is 2.15. The normalized spacial score (nSPS) is 11.7. The largest absolute Gasteiger partial charge is 0.357 e. The Kier molecular flexibility index (Phi) is 5.26. The molecule has 2 rings (SSSR count). The molecule has 0 atom stereocenters. The van der Waals surface area contributed by atoms with E-state index >= 15 is 0 Å². The Hall–Kier alpha value is -1.96. The summed E-state index contributed by atoms with van der Waals surface area (Å²) in [6.45, 7) is 8.12. The lowest BCUT2D eigenvalue weighted by molar-refractivity contribution is 0.697. The van der Waals surface area contributed by atoms with Gasteiger partial charge in [0.2, 0.25) is 0 Å². The number of aliphatic imine (C=N–C) groups is 1. The van der Waals surface area contributed by atoms with E-state index in [4.69, 9.17) is 0 Å². The van der Waals surface area contributed by atoms with Crippen molar-refractivity contribution in [2.24, 2.45) is 12.0 Å². The van der Waals surface area contributed by atoms with Crippen LogP contribution in [0, 0.1) is 13.8 Å². The van der Waals surface area contributed by atoms with E-state index in [0.29, 0.717) is 13.1 Å². The minimum Gasteiger partial charge on any atom is -0.357 e. The van der Waals surface area contributed by atoms with E-state index < -0.39 is 0 Å². The van der Waals surface area contributed by atoms with Crippen molar-refractivity contribution in [2.75, 3.05) is 6.54 Å². The molecule has 0 fully saturated rings. The first-order chi connectivity index (χ1) is 10.1. The molecule has 21 heavy (non-hydrogen) atoms. The van der Waals surface area contributed by atoms with Gasteiger partial charge in [-0.05, 0) is 20.8 Å². The van der Waals surface area contributed by atoms with Gasteiger partial charge >= 0.3 is 0 Å². The van der Waals surface area contributed by atoms with Gasteiger partial charge in [0.05, 0.1) is 12.2 Å². The highest BCUT2D eigenvalue weighted by molar-refractivity contribution is 7.11. The molecule has 0 amide bonds. The van der Waals surface area contributed by atoms with E-state index in [0.717, 1.165) is 29.0 Å². The minimum atomic E-state index is 0.488. The number of thiazole rings is 1. The molecule has 2 heterocycles. The molecule has 2 aromatic rings. The van der Waals surface area contributed by atoms with Crippen molar-refractivity contribution < 1.29 is 0 Å². The topological polar surface area (TPSA) is 80.0 Å². The predicted octanol–water partition coefficient (Wildman–Crippen LogP) is 1.14. The van der Waals surface area contributed by atoms with Crippen LogP contribution in [0.25, 0.3) is 0 Å². The van der Waals surface area contributed by atoms with Gasteiger partial charge in [-0.15, -0.1) is 11.3 Å². The maximum absolute atomic E-state index is 4.51. The highest BCUT2D eigenvalue weighted by Gasteiger charge is 2.05. The van der Waals surface area contributed by atoms with Crippen molar-refractivity contribution in [3.05, 3.63) is 27.7 Å². The molecule has 7 nitrogen and oxygen atoms in total. The molecule has 8 heteroatoms. The van der Waals surface area contributed by atoms with Gasteiger partial charge in [0.25, 0.3) is 0 Å². The fourth-order valence-electron chi connectivity index (χ4n) is 1.73. The third-order valence-electron chi connectivity index (χ3n) is 3.01. The van der Waals surface area contributed by atoms with Crippen molar-refractivity contribution >= 4 is 17.3 Å². The van der Waals surface area contributed by atoms with E-state index in [9.17, 15) is 0 Å². The van der Waals surface area contributed by atoms with E-state index in [1.165, 1.54) is 11.2 Å². The lowest BCUT2D eigenvalue weighted by atomic mass is 10.4. The lowest BCUT2D eigenvalue weighted by Gasteiger charge is -2.09. The fourth-order valence-corrected chi connectivity index (χ4v) is 2.60. The molecule has 0 aliphatic heterocycles. The summed E-state index contributed by atoms with van der Waals surface area (Å²) in [5.74, 6) is 1.58. The molecule has 0 aromatic carbocycles. The smallest absolute Gasteiger partial charge is 0.192 e. The van der Waals surface area contributed by atoms with E-state index in [2.05, 4.69) is 37.6 Å². The first-order valence-electron chi connectivity index (χ1n) is 6.88. The molecular formula is C13H21N7S. The third-order valence-corrected chi connectivity index (χ3v) is 4.08. The number of rotatable bonds is 5. The van der Waals surface area contributed by atoms with Crippen LogP contribution in [0.5, 0.6) is 0 Å². The Morgan fingerprint density at radius 2 is 2.19 bits per heavy atom. The molecule has 114 valence electrons. The average Bonchev–Trinajstić information content (AvgIpc) is 3.00. The second-order valence-electron chi connectivity index (χ2n) is 4.60. The Morgan fingerprint density at radius 1 is 1.38 bits per heavy atom.